The monoisotopic (exact) mass is 221 g/mol. The first-order valence-corrected chi connectivity index (χ1v) is 5.53. The molecule has 0 aromatic rings. The number of carbonyl (C=O) groups excluding carboxylic acids is 1. The minimum absolute atomic E-state index is 0.0528. The summed E-state index contributed by atoms with van der Waals surface area (Å²) >= 11 is 0. The highest BCUT2D eigenvalue weighted by Crippen LogP contribution is 2.09. The van der Waals surface area contributed by atoms with Gasteiger partial charge in [-0.3, -0.25) is 9.79 Å². The molecule has 88 valence electrons. The Labute approximate surface area is 96.7 Å². The highest BCUT2D eigenvalue weighted by Gasteiger charge is 2.05. The summed E-state index contributed by atoms with van der Waals surface area (Å²) in [6, 6.07) is 0. The Morgan fingerprint density at radius 2 is 2.38 bits per heavy atom. The number of hydrogen-bond acceptors (Lipinski definition) is 3. The quantitative estimate of drug-likeness (QED) is 0.784. The topological polar surface area (TPSA) is 44.7 Å². The summed E-state index contributed by atoms with van der Waals surface area (Å²) in [7, 11) is 0. The van der Waals surface area contributed by atoms with Gasteiger partial charge in [-0.05, 0) is 26.8 Å². The SMILES string of the molecule is CCNC(=O)C/C=C\N1CN=C(C)C=C1C. The second-order valence-corrected chi connectivity index (χ2v) is 3.74. The van der Waals surface area contributed by atoms with E-state index >= 15 is 0 Å². The van der Waals surface area contributed by atoms with Crippen molar-refractivity contribution in [3.63, 3.8) is 0 Å². The fourth-order valence-electron chi connectivity index (χ4n) is 1.45. The smallest absolute Gasteiger partial charge is 0.223 e. The number of amides is 1. The van der Waals surface area contributed by atoms with Crippen LogP contribution in [0.4, 0.5) is 0 Å². The summed E-state index contributed by atoms with van der Waals surface area (Å²) in [6.07, 6.45) is 6.22. The van der Waals surface area contributed by atoms with Crippen molar-refractivity contribution in [2.45, 2.75) is 27.2 Å². The minimum Gasteiger partial charge on any atom is -0.356 e. The highest BCUT2D eigenvalue weighted by atomic mass is 16.1. The molecule has 0 aromatic carbocycles. The summed E-state index contributed by atoms with van der Waals surface area (Å²) in [4.78, 5) is 17.5. The summed E-state index contributed by atoms with van der Waals surface area (Å²) < 4.78 is 0. The van der Waals surface area contributed by atoms with Crippen molar-refractivity contribution in [3.05, 3.63) is 24.0 Å². The van der Waals surface area contributed by atoms with Crippen molar-refractivity contribution < 1.29 is 4.79 Å². The van der Waals surface area contributed by atoms with E-state index < -0.39 is 0 Å². The number of rotatable bonds is 4. The maximum Gasteiger partial charge on any atom is 0.223 e. The molecule has 0 radical (unpaired) electrons. The van der Waals surface area contributed by atoms with E-state index in [2.05, 4.69) is 10.3 Å². The molecule has 0 saturated carbocycles. The Hall–Kier alpha value is -1.58. The summed E-state index contributed by atoms with van der Waals surface area (Å²) in [5.41, 5.74) is 2.20. The Kier molecular flexibility index (Phi) is 4.76. The van der Waals surface area contributed by atoms with Gasteiger partial charge in [-0.15, -0.1) is 0 Å². The molecule has 0 fully saturated rings. The molecule has 0 bridgehead atoms. The molecular weight excluding hydrogens is 202 g/mol. The van der Waals surface area contributed by atoms with Gasteiger partial charge in [-0.2, -0.15) is 0 Å². The van der Waals surface area contributed by atoms with E-state index in [9.17, 15) is 4.79 Å². The Morgan fingerprint density at radius 3 is 3.00 bits per heavy atom. The molecule has 4 nitrogen and oxygen atoms in total. The van der Waals surface area contributed by atoms with Gasteiger partial charge in [0.2, 0.25) is 5.91 Å². The predicted molar refractivity (Wildman–Crippen MR) is 66.0 cm³/mol. The molecule has 0 spiro atoms. The molecule has 0 saturated heterocycles. The van der Waals surface area contributed by atoms with Crippen molar-refractivity contribution in [1.29, 1.82) is 0 Å². The van der Waals surface area contributed by atoms with Gasteiger partial charge in [0.15, 0.2) is 0 Å². The summed E-state index contributed by atoms with van der Waals surface area (Å²) in [5.74, 6) is 0.0528. The van der Waals surface area contributed by atoms with Crippen LogP contribution in [0.5, 0.6) is 0 Å². The lowest BCUT2D eigenvalue weighted by molar-refractivity contribution is -0.120. The zero-order valence-electron chi connectivity index (χ0n) is 10.2. The normalized spacial score (nSPS) is 16.1. The Bertz CT molecular complexity index is 342. The fraction of sp³-hybridized carbons (Fsp3) is 0.500. The van der Waals surface area contributed by atoms with E-state index in [4.69, 9.17) is 0 Å². The largest absolute Gasteiger partial charge is 0.356 e. The molecule has 0 aliphatic carbocycles. The molecule has 1 aliphatic rings. The van der Waals surface area contributed by atoms with Gasteiger partial charge >= 0.3 is 0 Å². The molecule has 0 aromatic heterocycles. The third kappa shape index (κ3) is 3.88. The Morgan fingerprint density at radius 1 is 1.62 bits per heavy atom. The predicted octanol–water partition coefficient (Wildman–Crippen LogP) is 1.66. The van der Waals surface area contributed by atoms with Crippen LogP contribution in [0.15, 0.2) is 29.0 Å². The maximum atomic E-state index is 11.2. The molecule has 0 atom stereocenters. The zero-order chi connectivity index (χ0) is 12.0. The van der Waals surface area contributed by atoms with Crippen LogP contribution in [0.3, 0.4) is 0 Å². The van der Waals surface area contributed by atoms with E-state index in [0.29, 0.717) is 19.6 Å². The van der Waals surface area contributed by atoms with Crippen LogP contribution in [0.2, 0.25) is 0 Å². The molecular formula is C12H19N3O. The van der Waals surface area contributed by atoms with Crippen LogP contribution < -0.4 is 5.32 Å². The van der Waals surface area contributed by atoms with Gasteiger partial charge in [0.25, 0.3) is 0 Å². The molecule has 1 aliphatic heterocycles. The van der Waals surface area contributed by atoms with Crippen molar-refractivity contribution in [1.82, 2.24) is 10.2 Å². The van der Waals surface area contributed by atoms with Crippen LogP contribution >= 0.6 is 0 Å². The number of allylic oxidation sites excluding steroid dienone is 2. The van der Waals surface area contributed by atoms with Crippen molar-refractivity contribution in [3.8, 4) is 0 Å². The molecule has 1 rings (SSSR count). The van der Waals surface area contributed by atoms with Crippen LogP contribution in [0, 0.1) is 0 Å². The molecule has 4 heteroatoms. The van der Waals surface area contributed by atoms with E-state index in [1.165, 1.54) is 0 Å². The van der Waals surface area contributed by atoms with Gasteiger partial charge < -0.3 is 10.2 Å². The van der Waals surface area contributed by atoms with Crippen molar-refractivity contribution in [2.24, 2.45) is 4.99 Å². The second-order valence-electron chi connectivity index (χ2n) is 3.74. The van der Waals surface area contributed by atoms with Crippen LogP contribution in [0.25, 0.3) is 0 Å². The summed E-state index contributed by atoms with van der Waals surface area (Å²) in [5, 5.41) is 2.75. The van der Waals surface area contributed by atoms with E-state index in [1.807, 2.05) is 44.0 Å². The third-order valence-corrected chi connectivity index (χ3v) is 2.31. The first kappa shape index (κ1) is 12.5. The maximum absolute atomic E-state index is 11.2. The van der Waals surface area contributed by atoms with Crippen LogP contribution in [-0.4, -0.2) is 29.7 Å². The number of aliphatic imine (C=N–C) groups is 1. The molecule has 0 unspecified atom stereocenters. The lowest BCUT2D eigenvalue weighted by atomic mass is 10.3. The van der Waals surface area contributed by atoms with Crippen molar-refractivity contribution >= 4 is 11.6 Å². The van der Waals surface area contributed by atoms with Gasteiger partial charge in [0.1, 0.15) is 6.67 Å². The lowest BCUT2D eigenvalue weighted by Crippen LogP contribution is -2.22. The van der Waals surface area contributed by atoms with Crippen LogP contribution in [-0.2, 0) is 4.79 Å². The summed E-state index contributed by atoms with van der Waals surface area (Å²) in [6.45, 7) is 7.25. The van der Waals surface area contributed by atoms with Gasteiger partial charge in [-0.25, -0.2) is 0 Å². The van der Waals surface area contributed by atoms with Gasteiger partial charge in [0, 0.05) is 30.6 Å². The van der Waals surface area contributed by atoms with Gasteiger partial charge in [0.05, 0.1) is 0 Å². The van der Waals surface area contributed by atoms with E-state index in [0.717, 1.165) is 11.4 Å². The average Bonchev–Trinajstić information content (AvgIpc) is 2.22. The minimum atomic E-state index is 0.0528. The number of carbonyl (C=O) groups is 1. The molecule has 16 heavy (non-hydrogen) atoms. The number of hydrogen-bond donors (Lipinski definition) is 1. The number of nitrogens with zero attached hydrogens (tertiary/aromatic N) is 2. The fourth-order valence-corrected chi connectivity index (χ4v) is 1.45. The lowest BCUT2D eigenvalue weighted by Gasteiger charge is -2.22. The standard InChI is InChI=1S/C12H19N3O/c1-4-13-12(16)6-5-7-15-9-14-10(2)8-11(15)3/h5,7-8H,4,6,9H2,1-3H3,(H,13,16)/b7-5-. The second kappa shape index (κ2) is 6.10. The van der Waals surface area contributed by atoms with Gasteiger partial charge in [-0.1, -0.05) is 6.08 Å². The van der Waals surface area contributed by atoms with E-state index in [1.54, 1.807) is 0 Å². The molecule has 1 N–H and O–H groups in total. The van der Waals surface area contributed by atoms with E-state index in [-0.39, 0.29) is 5.91 Å². The zero-order valence-corrected chi connectivity index (χ0v) is 10.2. The molecule has 1 amide bonds. The third-order valence-electron chi connectivity index (χ3n) is 2.31. The van der Waals surface area contributed by atoms with Crippen LogP contribution in [0.1, 0.15) is 27.2 Å². The molecule has 1 heterocycles. The van der Waals surface area contributed by atoms with Crippen molar-refractivity contribution in [2.75, 3.05) is 13.2 Å². The first-order valence-electron chi connectivity index (χ1n) is 5.53. The average molecular weight is 221 g/mol. The number of nitrogens with one attached hydrogen (secondary N) is 1. The first-order chi connectivity index (χ1) is 7.63. The highest BCUT2D eigenvalue weighted by molar-refractivity contribution is 5.93. The Balaban J connectivity index is 2.41.